The zero-order valence-electron chi connectivity index (χ0n) is 8.07. The third kappa shape index (κ3) is 3.44. The molecular weight excluding hydrogens is 241 g/mol. The quantitative estimate of drug-likeness (QED) is 0.829. The van der Waals surface area contributed by atoms with Crippen molar-refractivity contribution >= 4 is 21.6 Å². The molecule has 0 aliphatic heterocycles. The van der Waals surface area contributed by atoms with E-state index in [0.717, 1.165) is 12.1 Å². The fourth-order valence-electron chi connectivity index (χ4n) is 0.978. The monoisotopic (exact) mass is 251 g/mol. The molecule has 0 saturated heterocycles. The van der Waals surface area contributed by atoms with Gasteiger partial charge in [0.05, 0.1) is 4.90 Å². The van der Waals surface area contributed by atoms with E-state index >= 15 is 0 Å². The fourth-order valence-corrected chi connectivity index (χ4v) is 2.39. The Bertz CT molecular complexity index is 418. The molecule has 0 fully saturated rings. The Balaban J connectivity index is 2.91. The number of halogens is 2. The van der Waals surface area contributed by atoms with E-state index < -0.39 is 15.8 Å². The molecule has 0 radical (unpaired) electrons. The predicted octanol–water partition coefficient (Wildman–Crippen LogP) is 1.73. The van der Waals surface area contributed by atoms with Crippen LogP contribution in [0.1, 0.15) is 6.92 Å². The van der Waals surface area contributed by atoms with Crippen LogP contribution in [-0.4, -0.2) is 20.3 Å². The standard InChI is InChI=1S/C9H11ClFNO2S/c1-7(6-10)12-15(13,14)9-4-2-8(11)3-5-9/h2-5,7,12H,6H2,1H3. The Morgan fingerprint density at radius 3 is 2.40 bits per heavy atom. The maximum Gasteiger partial charge on any atom is 0.240 e. The van der Waals surface area contributed by atoms with Crippen molar-refractivity contribution in [3.05, 3.63) is 30.1 Å². The highest BCUT2D eigenvalue weighted by molar-refractivity contribution is 7.89. The van der Waals surface area contributed by atoms with E-state index in [1.165, 1.54) is 12.1 Å². The molecule has 1 aromatic carbocycles. The molecule has 0 heterocycles. The van der Waals surface area contributed by atoms with Crippen molar-refractivity contribution in [1.82, 2.24) is 4.72 Å². The SMILES string of the molecule is CC(CCl)NS(=O)(=O)c1ccc(F)cc1. The molecule has 1 rings (SSSR count). The van der Waals surface area contributed by atoms with Gasteiger partial charge in [-0.1, -0.05) is 0 Å². The lowest BCUT2D eigenvalue weighted by molar-refractivity contribution is 0.570. The average molecular weight is 252 g/mol. The molecule has 0 aliphatic rings. The first-order valence-electron chi connectivity index (χ1n) is 4.29. The second-order valence-corrected chi connectivity index (χ2v) is 5.15. The normalized spacial score (nSPS) is 13.8. The predicted molar refractivity (Wildman–Crippen MR) is 56.9 cm³/mol. The third-order valence-electron chi connectivity index (χ3n) is 1.71. The molecule has 1 N–H and O–H groups in total. The van der Waals surface area contributed by atoms with Gasteiger partial charge in [0.2, 0.25) is 10.0 Å². The van der Waals surface area contributed by atoms with Crippen molar-refractivity contribution in [2.75, 3.05) is 5.88 Å². The van der Waals surface area contributed by atoms with Gasteiger partial charge in [-0.3, -0.25) is 0 Å². The van der Waals surface area contributed by atoms with E-state index in [1.54, 1.807) is 6.92 Å². The van der Waals surface area contributed by atoms with E-state index in [1.807, 2.05) is 0 Å². The number of nitrogens with one attached hydrogen (secondary N) is 1. The molecule has 6 heteroatoms. The van der Waals surface area contributed by atoms with Crippen LogP contribution in [0.3, 0.4) is 0 Å². The summed E-state index contributed by atoms with van der Waals surface area (Å²) >= 11 is 5.48. The van der Waals surface area contributed by atoms with Crippen LogP contribution in [0.15, 0.2) is 29.2 Å². The van der Waals surface area contributed by atoms with Gasteiger partial charge in [-0.2, -0.15) is 0 Å². The minimum atomic E-state index is -3.59. The van der Waals surface area contributed by atoms with Gasteiger partial charge in [-0.25, -0.2) is 17.5 Å². The number of hydrogen-bond acceptors (Lipinski definition) is 2. The van der Waals surface area contributed by atoms with Crippen molar-refractivity contribution in [3.63, 3.8) is 0 Å². The van der Waals surface area contributed by atoms with Gasteiger partial charge in [0.25, 0.3) is 0 Å². The van der Waals surface area contributed by atoms with E-state index in [0.29, 0.717) is 0 Å². The summed E-state index contributed by atoms with van der Waals surface area (Å²) in [5.74, 6) is -0.292. The molecule has 1 unspecified atom stereocenters. The zero-order valence-corrected chi connectivity index (χ0v) is 9.65. The van der Waals surface area contributed by atoms with Crippen LogP contribution >= 0.6 is 11.6 Å². The van der Waals surface area contributed by atoms with Crippen LogP contribution in [0.4, 0.5) is 4.39 Å². The van der Waals surface area contributed by atoms with Crippen LogP contribution in [0, 0.1) is 5.82 Å². The van der Waals surface area contributed by atoms with Crippen molar-refractivity contribution in [2.45, 2.75) is 17.9 Å². The summed E-state index contributed by atoms with van der Waals surface area (Å²) in [6, 6.07) is 4.25. The highest BCUT2D eigenvalue weighted by Crippen LogP contribution is 2.10. The minimum Gasteiger partial charge on any atom is -0.207 e. The fraction of sp³-hybridized carbons (Fsp3) is 0.333. The minimum absolute atomic E-state index is 0.0286. The summed E-state index contributed by atoms with van der Waals surface area (Å²) in [6.45, 7) is 1.65. The van der Waals surface area contributed by atoms with Gasteiger partial charge in [0.1, 0.15) is 5.82 Å². The molecule has 0 bridgehead atoms. The van der Waals surface area contributed by atoms with Crippen LogP contribution in [0.5, 0.6) is 0 Å². The molecule has 1 aromatic rings. The molecule has 84 valence electrons. The Morgan fingerprint density at radius 2 is 1.93 bits per heavy atom. The van der Waals surface area contributed by atoms with Gasteiger partial charge < -0.3 is 0 Å². The lowest BCUT2D eigenvalue weighted by atomic mass is 10.4. The van der Waals surface area contributed by atoms with Crippen LogP contribution < -0.4 is 4.72 Å². The van der Waals surface area contributed by atoms with E-state index in [2.05, 4.69) is 4.72 Å². The van der Waals surface area contributed by atoms with E-state index in [4.69, 9.17) is 11.6 Å². The molecule has 3 nitrogen and oxygen atoms in total. The summed E-state index contributed by atoms with van der Waals surface area (Å²) < 4.78 is 38.2. The summed E-state index contributed by atoms with van der Waals surface area (Å²) in [5, 5.41) is 0. The molecule has 0 amide bonds. The first-order valence-corrected chi connectivity index (χ1v) is 6.31. The zero-order chi connectivity index (χ0) is 11.5. The van der Waals surface area contributed by atoms with Crippen molar-refractivity contribution in [1.29, 1.82) is 0 Å². The number of sulfonamides is 1. The summed E-state index contributed by atoms with van der Waals surface area (Å²) in [7, 11) is -3.59. The Morgan fingerprint density at radius 1 is 1.40 bits per heavy atom. The second kappa shape index (κ2) is 4.92. The lowest BCUT2D eigenvalue weighted by Crippen LogP contribution is -2.33. The smallest absolute Gasteiger partial charge is 0.207 e. The molecule has 0 aliphatic carbocycles. The van der Waals surface area contributed by atoms with Crippen molar-refractivity contribution in [2.24, 2.45) is 0 Å². The van der Waals surface area contributed by atoms with E-state index in [9.17, 15) is 12.8 Å². The summed E-state index contributed by atoms with van der Waals surface area (Å²) in [5.41, 5.74) is 0. The highest BCUT2D eigenvalue weighted by atomic mass is 35.5. The Labute approximate surface area is 93.3 Å². The van der Waals surface area contributed by atoms with Crippen LogP contribution in [-0.2, 0) is 10.0 Å². The number of benzene rings is 1. The Hall–Kier alpha value is -0.650. The van der Waals surface area contributed by atoms with Crippen molar-refractivity contribution < 1.29 is 12.8 Å². The third-order valence-corrected chi connectivity index (χ3v) is 3.78. The topological polar surface area (TPSA) is 46.2 Å². The summed E-state index contributed by atoms with van der Waals surface area (Å²) in [4.78, 5) is 0.0286. The maximum absolute atomic E-state index is 12.6. The second-order valence-electron chi connectivity index (χ2n) is 3.13. The molecular formula is C9H11ClFNO2S. The molecule has 0 saturated carbocycles. The van der Waals surface area contributed by atoms with Gasteiger partial charge in [-0.15, -0.1) is 11.6 Å². The van der Waals surface area contributed by atoms with Crippen LogP contribution in [0.25, 0.3) is 0 Å². The molecule has 0 aromatic heterocycles. The van der Waals surface area contributed by atoms with Gasteiger partial charge >= 0.3 is 0 Å². The van der Waals surface area contributed by atoms with E-state index in [-0.39, 0.29) is 16.8 Å². The Kier molecular flexibility index (Phi) is 4.07. The van der Waals surface area contributed by atoms with Gasteiger partial charge in [0.15, 0.2) is 0 Å². The molecule has 1 atom stereocenters. The van der Waals surface area contributed by atoms with Crippen LogP contribution in [0.2, 0.25) is 0 Å². The largest absolute Gasteiger partial charge is 0.240 e. The molecule has 0 spiro atoms. The first kappa shape index (κ1) is 12.4. The maximum atomic E-state index is 12.6. The van der Waals surface area contributed by atoms with Gasteiger partial charge in [-0.05, 0) is 31.2 Å². The van der Waals surface area contributed by atoms with Gasteiger partial charge in [0, 0.05) is 11.9 Å². The summed E-state index contributed by atoms with van der Waals surface area (Å²) in [6.07, 6.45) is 0. The van der Waals surface area contributed by atoms with Crippen molar-refractivity contribution in [3.8, 4) is 0 Å². The number of hydrogen-bond donors (Lipinski definition) is 1. The number of rotatable bonds is 4. The first-order chi connectivity index (χ1) is 6.95. The lowest BCUT2D eigenvalue weighted by Gasteiger charge is -2.10. The highest BCUT2D eigenvalue weighted by Gasteiger charge is 2.16. The average Bonchev–Trinajstić information content (AvgIpc) is 2.17. The number of alkyl halides is 1. The molecule has 15 heavy (non-hydrogen) atoms.